The Bertz CT molecular complexity index is 455. The van der Waals surface area contributed by atoms with Crippen molar-refractivity contribution in [3.8, 4) is 17.6 Å². The molecular weight excluding hydrogens is 270 g/mol. The maximum atomic E-state index is 5.21. The molecule has 0 heterocycles. The molecule has 1 atom stereocenters. The van der Waals surface area contributed by atoms with Gasteiger partial charge in [-0.1, -0.05) is 51.2 Å². The lowest BCUT2D eigenvalue weighted by molar-refractivity contribution is 0.266. The van der Waals surface area contributed by atoms with Gasteiger partial charge in [-0.25, -0.2) is 0 Å². The summed E-state index contributed by atoms with van der Waals surface area (Å²) < 4.78 is 5.21. The van der Waals surface area contributed by atoms with Crippen molar-refractivity contribution in [2.24, 2.45) is 0 Å². The van der Waals surface area contributed by atoms with Crippen LogP contribution in [0.1, 0.15) is 57.9 Å². The van der Waals surface area contributed by atoms with Gasteiger partial charge in [-0.05, 0) is 37.6 Å². The maximum absolute atomic E-state index is 5.21. The number of hydrogen-bond acceptors (Lipinski definition) is 2. The molecule has 0 aliphatic carbocycles. The summed E-state index contributed by atoms with van der Waals surface area (Å²) >= 11 is 0. The molecule has 0 saturated heterocycles. The lowest BCUT2D eigenvalue weighted by Gasteiger charge is -2.24. The predicted octanol–water partition coefficient (Wildman–Crippen LogP) is 4.88. The second-order valence-corrected chi connectivity index (χ2v) is 5.85. The van der Waals surface area contributed by atoms with Crippen LogP contribution in [-0.4, -0.2) is 25.1 Å². The van der Waals surface area contributed by atoms with E-state index in [1.54, 1.807) is 7.11 Å². The Hall–Kier alpha value is -1.46. The van der Waals surface area contributed by atoms with Crippen molar-refractivity contribution in [2.45, 2.75) is 65.0 Å². The van der Waals surface area contributed by atoms with E-state index in [4.69, 9.17) is 4.74 Å². The van der Waals surface area contributed by atoms with E-state index in [1.165, 1.54) is 31.2 Å². The second-order valence-electron chi connectivity index (χ2n) is 5.85. The van der Waals surface area contributed by atoms with Crippen LogP contribution in [0.5, 0.6) is 5.75 Å². The highest BCUT2D eigenvalue weighted by Crippen LogP contribution is 2.15. The lowest BCUT2D eigenvalue weighted by atomic mass is 10.1. The van der Waals surface area contributed by atoms with Gasteiger partial charge in [-0.3, -0.25) is 4.90 Å². The van der Waals surface area contributed by atoms with E-state index < -0.39 is 0 Å². The summed E-state index contributed by atoms with van der Waals surface area (Å²) in [6, 6.07) is 8.68. The first-order valence-corrected chi connectivity index (χ1v) is 8.52. The average molecular weight is 301 g/mol. The number of rotatable bonds is 9. The van der Waals surface area contributed by atoms with Gasteiger partial charge in [-0.2, -0.15) is 0 Å². The van der Waals surface area contributed by atoms with Crippen LogP contribution in [0.2, 0.25) is 0 Å². The number of unbranched alkanes of at least 4 members (excludes halogenated alkanes) is 3. The molecule has 0 saturated carbocycles. The van der Waals surface area contributed by atoms with E-state index in [9.17, 15) is 0 Å². The van der Waals surface area contributed by atoms with Crippen LogP contribution in [0, 0.1) is 11.8 Å². The largest absolute Gasteiger partial charge is 0.497 e. The van der Waals surface area contributed by atoms with Crippen LogP contribution in [0.3, 0.4) is 0 Å². The van der Waals surface area contributed by atoms with E-state index in [2.05, 4.69) is 49.8 Å². The molecule has 1 aromatic carbocycles. The lowest BCUT2D eigenvalue weighted by Crippen LogP contribution is -2.30. The molecule has 0 N–H and O–H groups in total. The quantitative estimate of drug-likeness (QED) is 0.476. The molecule has 22 heavy (non-hydrogen) atoms. The fourth-order valence-corrected chi connectivity index (χ4v) is 2.38. The van der Waals surface area contributed by atoms with Gasteiger partial charge < -0.3 is 4.74 Å². The minimum absolute atomic E-state index is 0.360. The van der Waals surface area contributed by atoms with Crippen molar-refractivity contribution in [2.75, 3.05) is 14.2 Å². The third-order valence-electron chi connectivity index (χ3n) is 3.88. The van der Waals surface area contributed by atoms with Crippen molar-refractivity contribution in [1.82, 2.24) is 4.90 Å². The van der Waals surface area contributed by atoms with E-state index >= 15 is 0 Å². The summed E-state index contributed by atoms with van der Waals surface area (Å²) in [6.07, 6.45) is 7.06. The normalized spacial score (nSPS) is 11.9. The minimum Gasteiger partial charge on any atom is -0.497 e. The van der Waals surface area contributed by atoms with Gasteiger partial charge in [-0.15, -0.1) is 5.92 Å². The van der Waals surface area contributed by atoms with Crippen LogP contribution in [0.25, 0.3) is 0 Å². The van der Waals surface area contributed by atoms with E-state index in [0.717, 1.165) is 25.1 Å². The van der Waals surface area contributed by atoms with Crippen LogP contribution < -0.4 is 4.74 Å². The average Bonchev–Trinajstić information content (AvgIpc) is 2.54. The van der Waals surface area contributed by atoms with Crippen LogP contribution in [-0.2, 0) is 6.54 Å². The van der Waals surface area contributed by atoms with Gasteiger partial charge in [0.15, 0.2) is 0 Å². The summed E-state index contributed by atoms with van der Waals surface area (Å²) in [7, 11) is 3.88. The zero-order valence-corrected chi connectivity index (χ0v) is 14.7. The highest BCUT2D eigenvalue weighted by Gasteiger charge is 2.12. The molecule has 122 valence electrons. The summed E-state index contributed by atoms with van der Waals surface area (Å²) in [4.78, 5) is 2.37. The maximum Gasteiger partial charge on any atom is 0.118 e. The monoisotopic (exact) mass is 301 g/mol. The Morgan fingerprint density at radius 2 is 1.77 bits per heavy atom. The van der Waals surface area contributed by atoms with Gasteiger partial charge in [0.25, 0.3) is 0 Å². The standard InChI is InChI=1S/C20H31NO/c1-5-7-9-10-12-19(11-8-6-2)21(3)17-18-13-15-20(22-4)16-14-18/h13-16,19H,5-9,11,17H2,1-4H3. The Balaban J connectivity index is 2.63. The van der Waals surface area contributed by atoms with Crippen LogP contribution in [0.15, 0.2) is 24.3 Å². The number of hydrogen-bond donors (Lipinski definition) is 0. The summed E-state index contributed by atoms with van der Waals surface area (Å²) in [5.41, 5.74) is 1.31. The van der Waals surface area contributed by atoms with Crippen molar-refractivity contribution >= 4 is 0 Å². The molecule has 0 amide bonds. The highest BCUT2D eigenvalue weighted by atomic mass is 16.5. The molecular formula is C20H31NO. The molecule has 0 radical (unpaired) electrons. The predicted molar refractivity (Wildman–Crippen MR) is 95.1 cm³/mol. The molecule has 2 heteroatoms. The summed E-state index contributed by atoms with van der Waals surface area (Å²) in [5, 5.41) is 0. The van der Waals surface area contributed by atoms with Gasteiger partial charge in [0.05, 0.1) is 13.2 Å². The van der Waals surface area contributed by atoms with E-state index in [0.29, 0.717) is 6.04 Å². The first-order valence-electron chi connectivity index (χ1n) is 8.52. The Kier molecular flexibility index (Phi) is 9.42. The van der Waals surface area contributed by atoms with Gasteiger partial charge in [0.1, 0.15) is 5.75 Å². The fraction of sp³-hybridized carbons (Fsp3) is 0.600. The molecule has 0 bridgehead atoms. The van der Waals surface area contributed by atoms with Crippen molar-refractivity contribution < 1.29 is 4.74 Å². The molecule has 1 rings (SSSR count). The number of benzene rings is 1. The van der Waals surface area contributed by atoms with Gasteiger partial charge in [0, 0.05) is 13.0 Å². The minimum atomic E-state index is 0.360. The second kappa shape index (κ2) is 11.2. The SMILES string of the molecule is CCCCC#CC(CCCC)N(C)Cc1ccc(OC)cc1. The number of methoxy groups -OCH3 is 1. The molecule has 0 aromatic heterocycles. The topological polar surface area (TPSA) is 12.5 Å². The van der Waals surface area contributed by atoms with Gasteiger partial charge in [0.2, 0.25) is 0 Å². The summed E-state index contributed by atoms with van der Waals surface area (Å²) in [6.45, 7) is 5.39. The molecule has 0 aliphatic rings. The number of nitrogens with zero attached hydrogens (tertiary/aromatic N) is 1. The molecule has 0 fully saturated rings. The smallest absolute Gasteiger partial charge is 0.118 e. The zero-order chi connectivity index (χ0) is 16.2. The first kappa shape index (κ1) is 18.6. The molecule has 2 nitrogen and oxygen atoms in total. The van der Waals surface area contributed by atoms with Crippen molar-refractivity contribution in [3.05, 3.63) is 29.8 Å². The van der Waals surface area contributed by atoms with Crippen molar-refractivity contribution in [1.29, 1.82) is 0 Å². The Morgan fingerprint density at radius 3 is 2.36 bits per heavy atom. The zero-order valence-electron chi connectivity index (χ0n) is 14.7. The number of ether oxygens (including phenoxy) is 1. The molecule has 0 spiro atoms. The molecule has 0 aliphatic heterocycles. The van der Waals surface area contributed by atoms with Gasteiger partial charge >= 0.3 is 0 Å². The summed E-state index contributed by atoms with van der Waals surface area (Å²) in [5.74, 6) is 7.76. The van der Waals surface area contributed by atoms with E-state index in [1.807, 2.05) is 12.1 Å². The Morgan fingerprint density at radius 1 is 1.09 bits per heavy atom. The van der Waals surface area contributed by atoms with Crippen molar-refractivity contribution in [3.63, 3.8) is 0 Å². The Labute approximate surface area is 136 Å². The van der Waals surface area contributed by atoms with Crippen LogP contribution in [0.4, 0.5) is 0 Å². The third-order valence-corrected chi connectivity index (χ3v) is 3.88. The first-order chi connectivity index (χ1) is 10.7. The third kappa shape index (κ3) is 7.00. The molecule has 1 unspecified atom stereocenters. The fourth-order valence-electron chi connectivity index (χ4n) is 2.38. The molecule has 1 aromatic rings. The van der Waals surface area contributed by atoms with E-state index in [-0.39, 0.29) is 0 Å². The van der Waals surface area contributed by atoms with Crippen LogP contribution >= 0.6 is 0 Å². The highest BCUT2D eigenvalue weighted by molar-refractivity contribution is 5.27.